The summed E-state index contributed by atoms with van der Waals surface area (Å²) in [6.07, 6.45) is -1.26. The van der Waals surface area contributed by atoms with E-state index in [0.29, 0.717) is 40.3 Å². The van der Waals surface area contributed by atoms with Crippen LogP contribution < -0.4 is 22.1 Å². The van der Waals surface area contributed by atoms with E-state index in [1.54, 1.807) is 18.2 Å². The first-order valence-electron chi connectivity index (χ1n) is 8.40. The summed E-state index contributed by atoms with van der Waals surface area (Å²) < 4.78 is 0. The molecule has 0 fully saturated rings. The van der Waals surface area contributed by atoms with Gasteiger partial charge in [-0.25, -0.2) is 9.97 Å². The van der Waals surface area contributed by atoms with Crippen molar-refractivity contribution in [3.05, 3.63) is 52.5 Å². The lowest BCUT2D eigenvalue weighted by molar-refractivity contribution is 0.167. The van der Waals surface area contributed by atoms with E-state index in [-0.39, 0.29) is 5.96 Å². The van der Waals surface area contributed by atoms with Crippen LogP contribution in [0.1, 0.15) is 0 Å². The number of para-hydroxylation sites is 1. The molecule has 3 aromatic rings. The first-order valence-corrected chi connectivity index (χ1v) is 9.16. The predicted octanol–water partition coefficient (Wildman–Crippen LogP) is 2.15. The number of benzene rings is 2. The van der Waals surface area contributed by atoms with Crippen molar-refractivity contribution >= 4 is 45.9 Å². The SMILES string of the molecule is NC(=NCCNc1nc(-c2ccc(Cl)cc2Cl)nc2ccccc12)NC(N)O. The van der Waals surface area contributed by atoms with Crippen LogP contribution in [0.3, 0.4) is 0 Å². The zero-order valence-electron chi connectivity index (χ0n) is 14.7. The highest BCUT2D eigenvalue weighted by Crippen LogP contribution is 2.31. The number of hydrogen-bond donors (Lipinski definition) is 5. The van der Waals surface area contributed by atoms with Crippen molar-refractivity contribution in [1.29, 1.82) is 0 Å². The number of nitrogens with two attached hydrogens (primary N) is 2. The van der Waals surface area contributed by atoms with Crippen molar-refractivity contribution < 1.29 is 5.11 Å². The third-order valence-electron chi connectivity index (χ3n) is 3.76. The van der Waals surface area contributed by atoms with Crippen LogP contribution in [-0.2, 0) is 0 Å². The number of hydrogen-bond acceptors (Lipinski definition) is 6. The standard InChI is InChI=1S/C18H19Cl2N7O/c19-10-5-6-11(13(20)9-10)16-25-14-4-2-1-3-12(14)15(26-16)23-7-8-24-17(21)27-18(22)28/h1-6,9,18,28H,7-8,22H2,(H3,21,24,27)(H,23,25,26). The second kappa shape index (κ2) is 9.03. The first kappa shape index (κ1) is 20.1. The van der Waals surface area contributed by atoms with Crippen LogP contribution in [0.5, 0.6) is 0 Å². The lowest BCUT2D eigenvalue weighted by Gasteiger charge is -2.12. The van der Waals surface area contributed by atoms with Crippen LogP contribution in [0.2, 0.25) is 10.0 Å². The molecule has 0 saturated carbocycles. The molecule has 28 heavy (non-hydrogen) atoms. The molecule has 0 aliphatic carbocycles. The van der Waals surface area contributed by atoms with Crippen LogP contribution in [0.25, 0.3) is 22.3 Å². The van der Waals surface area contributed by atoms with Gasteiger partial charge in [0.25, 0.3) is 0 Å². The van der Waals surface area contributed by atoms with E-state index >= 15 is 0 Å². The summed E-state index contributed by atoms with van der Waals surface area (Å²) >= 11 is 12.3. The maximum atomic E-state index is 9.01. The van der Waals surface area contributed by atoms with Crippen molar-refractivity contribution in [3.8, 4) is 11.4 Å². The topological polar surface area (TPSA) is 134 Å². The minimum Gasteiger partial charge on any atom is -0.370 e. The largest absolute Gasteiger partial charge is 0.370 e. The second-order valence-electron chi connectivity index (χ2n) is 5.82. The highest BCUT2D eigenvalue weighted by atomic mass is 35.5. The van der Waals surface area contributed by atoms with Crippen LogP contribution in [0, 0.1) is 0 Å². The number of nitrogens with one attached hydrogen (secondary N) is 2. The summed E-state index contributed by atoms with van der Waals surface area (Å²) in [5.74, 6) is 1.18. The fourth-order valence-electron chi connectivity index (χ4n) is 2.55. The Morgan fingerprint density at radius 3 is 2.71 bits per heavy atom. The van der Waals surface area contributed by atoms with Gasteiger partial charge in [0.2, 0.25) is 0 Å². The molecule has 0 bridgehead atoms. The van der Waals surface area contributed by atoms with E-state index < -0.39 is 6.35 Å². The van der Waals surface area contributed by atoms with Gasteiger partial charge >= 0.3 is 0 Å². The normalized spacial score (nSPS) is 12.8. The zero-order valence-corrected chi connectivity index (χ0v) is 16.2. The Balaban J connectivity index is 1.87. The van der Waals surface area contributed by atoms with Crippen molar-refractivity contribution in [1.82, 2.24) is 15.3 Å². The van der Waals surface area contributed by atoms with Gasteiger partial charge in [-0.05, 0) is 30.3 Å². The van der Waals surface area contributed by atoms with Gasteiger partial charge in [-0.3, -0.25) is 10.7 Å². The summed E-state index contributed by atoms with van der Waals surface area (Å²) in [6, 6.07) is 12.8. The number of aliphatic imine (C=N–C) groups is 1. The summed E-state index contributed by atoms with van der Waals surface area (Å²) in [5, 5.41) is 16.5. The molecule has 0 spiro atoms. The summed E-state index contributed by atoms with van der Waals surface area (Å²) in [5.41, 5.74) is 12.2. The van der Waals surface area contributed by atoms with Crippen molar-refractivity contribution in [3.63, 3.8) is 0 Å². The first-order chi connectivity index (χ1) is 13.4. The van der Waals surface area contributed by atoms with Gasteiger partial charge in [0.15, 0.2) is 18.1 Å². The Hall–Kier alpha value is -2.65. The molecule has 0 radical (unpaired) electrons. The Kier molecular flexibility index (Phi) is 6.48. The molecule has 10 heteroatoms. The quantitative estimate of drug-likeness (QED) is 0.179. The van der Waals surface area contributed by atoms with Gasteiger partial charge in [-0.1, -0.05) is 35.3 Å². The number of aliphatic hydroxyl groups is 1. The zero-order chi connectivity index (χ0) is 20.1. The molecule has 2 aromatic carbocycles. The minimum absolute atomic E-state index is 0.0537. The van der Waals surface area contributed by atoms with Crippen LogP contribution in [-0.4, -0.2) is 40.5 Å². The van der Waals surface area contributed by atoms with Gasteiger partial charge in [0.1, 0.15) is 5.82 Å². The highest BCUT2D eigenvalue weighted by molar-refractivity contribution is 6.36. The summed E-state index contributed by atoms with van der Waals surface area (Å²) in [7, 11) is 0. The van der Waals surface area contributed by atoms with Crippen LogP contribution in [0.15, 0.2) is 47.5 Å². The second-order valence-corrected chi connectivity index (χ2v) is 6.66. The molecule has 0 aliphatic heterocycles. The molecule has 8 nitrogen and oxygen atoms in total. The number of fused-ring (bicyclic) bond motifs is 1. The Labute approximate surface area is 171 Å². The van der Waals surface area contributed by atoms with Crippen molar-refractivity contribution in [2.45, 2.75) is 6.35 Å². The molecule has 0 aliphatic rings. The maximum Gasteiger partial charge on any atom is 0.191 e. The average Bonchev–Trinajstić information content (AvgIpc) is 2.64. The Bertz CT molecular complexity index is 1010. The van der Waals surface area contributed by atoms with E-state index in [4.69, 9.17) is 39.8 Å². The molecule has 3 rings (SSSR count). The predicted molar refractivity (Wildman–Crippen MR) is 113 cm³/mol. The average molecular weight is 420 g/mol. The van der Waals surface area contributed by atoms with E-state index in [2.05, 4.69) is 25.6 Å². The smallest absolute Gasteiger partial charge is 0.191 e. The van der Waals surface area contributed by atoms with Gasteiger partial charge < -0.3 is 21.5 Å². The number of rotatable bonds is 6. The lowest BCUT2D eigenvalue weighted by atomic mass is 10.2. The number of aliphatic hydroxyl groups excluding tert-OH is 1. The van der Waals surface area contributed by atoms with Crippen molar-refractivity contribution in [2.75, 3.05) is 18.4 Å². The number of halogens is 2. The molecule has 146 valence electrons. The van der Waals surface area contributed by atoms with Gasteiger partial charge in [-0.15, -0.1) is 0 Å². The molecule has 1 heterocycles. The molecule has 1 aromatic heterocycles. The fraction of sp³-hybridized carbons (Fsp3) is 0.167. The highest BCUT2D eigenvalue weighted by Gasteiger charge is 2.12. The minimum atomic E-state index is -1.26. The summed E-state index contributed by atoms with van der Waals surface area (Å²) in [6.45, 7) is 0.804. The Morgan fingerprint density at radius 2 is 1.96 bits per heavy atom. The summed E-state index contributed by atoms with van der Waals surface area (Å²) in [4.78, 5) is 13.3. The molecule has 0 amide bonds. The molecular weight excluding hydrogens is 401 g/mol. The van der Waals surface area contributed by atoms with E-state index in [9.17, 15) is 0 Å². The number of nitrogens with zero attached hydrogens (tertiary/aromatic N) is 3. The molecule has 7 N–H and O–H groups in total. The molecule has 1 unspecified atom stereocenters. The monoisotopic (exact) mass is 419 g/mol. The number of anilines is 1. The van der Waals surface area contributed by atoms with E-state index in [1.807, 2.05) is 24.3 Å². The van der Waals surface area contributed by atoms with Gasteiger partial charge in [0, 0.05) is 22.5 Å². The third kappa shape index (κ3) is 4.99. The number of aromatic nitrogens is 2. The maximum absolute atomic E-state index is 9.01. The molecule has 0 saturated heterocycles. The van der Waals surface area contributed by atoms with Gasteiger partial charge in [0.05, 0.1) is 17.1 Å². The lowest BCUT2D eigenvalue weighted by Crippen LogP contribution is -2.45. The van der Waals surface area contributed by atoms with E-state index in [1.165, 1.54) is 0 Å². The van der Waals surface area contributed by atoms with Crippen molar-refractivity contribution in [2.24, 2.45) is 16.5 Å². The van der Waals surface area contributed by atoms with Gasteiger partial charge in [-0.2, -0.15) is 0 Å². The molecule has 1 atom stereocenters. The third-order valence-corrected chi connectivity index (χ3v) is 4.31. The van der Waals surface area contributed by atoms with Crippen LogP contribution >= 0.6 is 23.2 Å². The number of guanidine groups is 1. The molecular formula is C18H19Cl2N7O. The Morgan fingerprint density at radius 1 is 1.18 bits per heavy atom. The van der Waals surface area contributed by atoms with Crippen LogP contribution in [0.4, 0.5) is 5.82 Å². The van der Waals surface area contributed by atoms with E-state index in [0.717, 1.165) is 10.9 Å². The fourth-order valence-corrected chi connectivity index (χ4v) is 3.04.